The zero-order chi connectivity index (χ0) is 23.3. The van der Waals surface area contributed by atoms with Crippen LogP contribution in [0.15, 0.2) is 42.5 Å². The average Bonchev–Trinajstić information content (AvgIpc) is 2.78. The Morgan fingerprint density at radius 3 is 2.44 bits per heavy atom. The molecule has 1 heterocycles. The fourth-order valence-corrected chi connectivity index (χ4v) is 3.48. The molecule has 0 saturated carbocycles. The molecule has 0 radical (unpaired) electrons. The van der Waals surface area contributed by atoms with E-state index in [1.165, 1.54) is 12.1 Å². The lowest BCUT2D eigenvalue weighted by Gasteiger charge is -2.28. The highest BCUT2D eigenvalue weighted by molar-refractivity contribution is 7.80. The van der Waals surface area contributed by atoms with Crippen molar-refractivity contribution in [3.8, 4) is 5.75 Å². The maximum Gasteiger partial charge on any atom is 0.330 e. The number of thiocarbonyl (C=S) groups is 1. The number of nitrogens with zero attached hydrogens (tertiary/aromatic N) is 2. The number of amides is 1. The number of carboxylic acids is 1. The summed E-state index contributed by atoms with van der Waals surface area (Å²) in [5.41, 5.74) is -0.0835. The van der Waals surface area contributed by atoms with E-state index in [1.54, 1.807) is 12.1 Å². The molecule has 2 N–H and O–H groups in total. The smallest absolute Gasteiger partial charge is 0.330 e. The van der Waals surface area contributed by atoms with Gasteiger partial charge in [0, 0.05) is 25.2 Å². The van der Waals surface area contributed by atoms with Crippen molar-refractivity contribution >= 4 is 46.6 Å². The molecule has 32 heavy (non-hydrogen) atoms. The van der Waals surface area contributed by atoms with E-state index in [9.17, 15) is 24.8 Å². The molecule has 2 aromatic carbocycles. The first kappa shape index (κ1) is 23.4. The molecule has 10 nitrogen and oxygen atoms in total. The minimum Gasteiger partial charge on any atom is -0.479 e. The van der Waals surface area contributed by atoms with E-state index in [0.717, 1.165) is 18.2 Å². The van der Waals surface area contributed by atoms with E-state index in [-0.39, 0.29) is 27.0 Å². The topological polar surface area (TPSA) is 131 Å². The lowest BCUT2D eigenvalue weighted by atomic mass is 10.1. The summed E-state index contributed by atoms with van der Waals surface area (Å²) in [6.07, 6.45) is 0. The number of nitro groups is 1. The number of carbonyl (C=O) groups is 2. The zero-order valence-corrected chi connectivity index (χ0v) is 18.1. The summed E-state index contributed by atoms with van der Waals surface area (Å²) in [4.78, 5) is 36.3. The van der Waals surface area contributed by atoms with Gasteiger partial charge in [-0.2, -0.15) is 0 Å². The van der Waals surface area contributed by atoms with Gasteiger partial charge in [0.1, 0.15) is 5.75 Å². The van der Waals surface area contributed by atoms with Gasteiger partial charge in [0.15, 0.2) is 6.04 Å². The maximum absolute atomic E-state index is 12.5. The Morgan fingerprint density at radius 2 is 1.88 bits per heavy atom. The highest BCUT2D eigenvalue weighted by atomic mass is 35.5. The van der Waals surface area contributed by atoms with E-state index < -0.39 is 22.8 Å². The first-order valence-corrected chi connectivity index (χ1v) is 10.2. The summed E-state index contributed by atoms with van der Waals surface area (Å²) in [5.74, 6) is -1.67. The number of nitrogens with one attached hydrogen (secondary N) is 1. The Bertz CT molecular complexity index is 1040. The second kappa shape index (κ2) is 10.4. The van der Waals surface area contributed by atoms with Crippen LogP contribution in [0.4, 0.5) is 5.69 Å². The monoisotopic (exact) mass is 479 g/mol. The van der Waals surface area contributed by atoms with E-state index >= 15 is 0 Å². The van der Waals surface area contributed by atoms with E-state index in [0.29, 0.717) is 32.1 Å². The van der Waals surface area contributed by atoms with Crippen molar-refractivity contribution in [3.05, 3.63) is 68.7 Å². The summed E-state index contributed by atoms with van der Waals surface area (Å²) >= 11 is 11.2. The third-order valence-electron chi connectivity index (χ3n) is 4.62. The number of rotatable bonds is 6. The molecule has 0 aromatic heterocycles. The first-order chi connectivity index (χ1) is 15.3. The van der Waals surface area contributed by atoms with Gasteiger partial charge < -0.3 is 24.8 Å². The minimum atomic E-state index is -1.38. The number of benzene rings is 2. The van der Waals surface area contributed by atoms with Gasteiger partial charge in [0.25, 0.3) is 16.8 Å². The van der Waals surface area contributed by atoms with Crippen LogP contribution in [0.3, 0.4) is 0 Å². The molecule has 1 saturated heterocycles. The number of nitro benzene ring substituents is 1. The van der Waals surface area contributed by atoms with Crippen LogP contribution >= 0.6 is 23.8 Å². The number of non-ortho nitro benzene ring substituents is 1. The molecule has 0 bridgehead atoms. The predicted octanol–water partition coefficient (Wildman–Crippen LogP) is 2.80. The minimum absolute atomic E-state index is 0.0840. The molecule has 0 aliphatic carbocycles. The Morgan fingerprint density at radius 1 is 1.22 bits per heavy atom. The largest absolute Gasteiger partial charge is 0.479 e. The van der Waals surface area contributed by atoms with Gasteiger partial charge in [-0.25, -0.2) is 4.79 Å². The highest BCUT2D eigenvalue weighted by Crippen LogP contribution is 2.24. The summed E-state index contributed by atoms with van der Waals surface area (Å²) in [6.45, 7) is 2.35. The Kier molecular flexibility index (Phi) is 7.57. The molecule has 1 aliphatic heterocycles. The normalized spacial score (nSPS) is 14.3. The highest BCUT2D eigenvalue weighted by Gasteiger charge is 2.25. The van der Waals surface area contributed by atoms with Crippen LogP contribution in [-0.4, -0.2) is 58.3 Å². The van der Waals surface area contributed by atoms with Crippen LogP contribution in [0.25, 0.3) is 0 Å². The number of ether oxygens (including phenoxy) is 2. The first-order valence-electron chi connectivity index (χ1n) is 9.38. The maximum atomic E-state index is 12.5. The average molecular weight is 480 g/mol. The van der Waals surface area contributed by atoms with Gasteiger partial charge in [-0.15, -0.1) is 0 Å². The van der Waals surface area contributed by atoms with E-state index in [2.05, 4.69) is 5.32 Å². The second-order valence-corrected chi connectivity index (χ2v) is 7.46. The Labute approximate surface area is 192 Å². The Hall–Kier alpha value is -3.28. The molecule has 1 aliphatic rings. The molecular weight excluding hydrogens is 462 g/mol. The third kappa shape index (κ3) is 5.69. The summed E-state index contributed by atoms with van der Waals surface area (Å²) in [7, 11) is 0. The molecule has 1 atom stereocenters. The standard InChI is InChI=1S/C20H18ClN3O7S/c21-16-11-13(24(28)29)3-6-15(16)18(25)22-17(19(26)27)12-1-4-14(5-2-12)31-20(32)23-7-9-30-10-8-23/h1-6,11,17H,7-10H2,(H,22,25)(H,26,27). The lowest BCUT2D eigenvalue weighted by Crippen LogP contribution is -2.42. The number of carboxylic acid groups (broad SMARTS) is 1. The number of morpholine rings is 1. The van der Waals surface area contributed by atoms with Gasteiger partial charge >= 0.3 is 5.97 Å². The van der Waals surface area contributed by atoms with Crippen molar-refractivity contribution in [3.63, 3.8) is 0 Å². The molecule has 0 spiro atoms. The lowest BCUT2D eigenvalue weighted by molar-refractivity contribution is -0.384. The van der Waals surface area contributed by atoms with Gasteiger partial charge in [-0.3, -0.25) is 14.9 Å². The molecule has 2 aromatic rings. The summed E-state index contributed by atoms with van der Waals surface area (Å²) in [6, 6.07) is 8.00. The second-order valence-electron chi connectivity index (χ2n) is 6.70. The molecule has 168 valence electrons. The van der Waals surface area contributed by atoms with Crippen molar-refractivity contribution in [2.75, 3.05) is 26.3 Å². The SMILES string of the molecule is O=C(NC(C(=O)O)c1ccc(OC(=S)N2CCOCC2)cc1)c1ccc([N+](=O)[O-])cc1Cl. The molecule has 1 unspecified atom stereocenters. The number of carbonyl (C=O) groups excluding carboxylic acids is 1. The third-order valence-corrected chi connectivity index (χ3v) is 5.27. The van der Waals surface area contributed by atoms with Crippen LogP contribution in [0.2, 0.25) is 5.02 Å². The molecule has 12 heteroatoms. The number of hydrogen-bond acceptors (Lipinski definition) is 7. The number of aliphatic carboxylic acids is 1. The van der Waals surface area contributed by atoms with Crippen LogP contribution in [-0.2, 0) is 9.53 Å². The predicted molar refractivity (Wildman–Crippen MR) is 118 cm³/mol. The van der Waals surface area contributed by atoms with Crippen LogP contribution in [0, 0.1) is 10.1 Å². The van der Waals surface area contributed by atoms with Crippen molar-refractivity contribution in [1.29, 1.82) is 0 Å². The molecule has 1 fully saturated rings. The fourth-order valence-electron chi connectivity index (χ4n) is 2.94. The van der Waals surface area contributed by atoms with Gasteiger partial charge in [0.2, 0.25) is 0 Å². The fraction of sp³-hybridized carbons (Fsp3) is 0.250. The van der Waals surface area contributed by atoms with Crippen molar-refractivity contribution in [2.45, 2.75) is 6.04 Å². The van der Waals surface area contributed by atoms with E-state index in [4.69, 9.17) is 33.3 Å². The van der Waals surface area contributed by atoms with Gasteiger partial charge in [0.05, 0.1) is 28.7 Å². The van der Waals surface area contributed by atoms with Gasteiger partial charge in [-0.1, -0.05) is 23.7 Å². The van der Waals surface area contributed by atoms with Crippen molar-refractivity contribution in [2.24, 2.45) is 0 Å². The zero-order valence-electron chi connectivity index (χ0n) is 16.5. The quantitative estimate of drug-likeness (QED) is 0.364. The number of hydrogen-bond donors (Lipinski definition) is 2. The van der Waals surface area contributed by atoms with Crippen molar-refractivity contribution < 1.29 is 29.1 Å². The summed E-state index contributed by atoms with van der Waals surface area (Å²) in [5, 5.41) is 22.9. The van der Waals surface area contributed by atoms with Crippen LogP contribution in [0.5, 0.6) is 5.75 Å². The summed E-state index contributed by atoms with van der Waals surface area (Å²) < 4.78 is 10.9. The molecule has 1 amide bonds. The van der Waals surface area contributed by atoms with Gasteiger partial charge in [-0.05, 0) is 36.0 Å². The van der Waals surface area contributed by atoms with Crippen LogP contribution < -0.4 is 10.1 Å². The number of halogens is 1. The Balaban J connectivity index is 1.70. The molecule has 3 rings (SSSR count). The van der Waals surface area contributed by atoms with Crippen LogP contribution in [0.1, 0.15) is 22.0 Å². The van der Waals surface area contributed by atoms with Crippen molar-refractivity contribution in [1.82, 2.24) is 10.2 Å². The molecular formula is C20H18ClN3O7S. The van der Waals surface area contributed by atoms with E-state index in [1.807, 2.05) is 4.90 Å².